The maximum atomic E-state index is 13.0. The van der Waals surface area contributed by atoms with Crippen LogP contribution < -0.4 is 10.6 Å². The average molecular weight is 382 g/mol. The fraction of sp³-hybridized carbons (Fsp3) is 0.444. The number of alkyl halides is 3. The highest BCUT2D eigenvalue weighted by Crippen LogP contribution is 2.33. The second-order valence-corrected chi connectivity index (χ2v) is 6.54. The lowest BCUT2D eigenvalue weighted by Crippen LogP contribution is -2.22. The second kappa shape index (κ2) is 7.59. The van der Waals surface area contributed by atoms with Crippen molar-refractivity contribution in [2.24, 2.45) is 0 Å². The van der Waals surface area contributed by atoms with E-state index < -0.39 is 17.8 Å². The number of benzene rings is 1. The molecule has 9 heteroatoms. The Morgan fingerprint density at radius 1 is 1.22 bits per heavy atom. The number of carbonyl (C=O) groups excluding carboxylic acids is 1. The SMILES string of the molecule is Cc1ccc(NC(=O)Nc2cnn(C3CCOCC3)c2C)cc1C(F)(F)F. The van der Waals surface area contributed by atoms with Gasteiger partial charge >= 0.3 is 12.2 Å². The predicted octanol–water partition coefficient (Wildman–Crippen LogP) is 4.51. The average Bonchev–Trinajstić information content (AvgIpc) is 2.97. The third-order valence-electron chi connectivity index (χ3n) is 4.63. The van der Waals surface area contributed by atoms with Gasteiger partial charge in [-0.25, -0.2) is 4.79 Å². The number of hydrogen-bond acceptors (Lipinski definition) is 3. The number of ether oxygens (including phenoxy) is 1. The molecule has 146 valence electrons. The monoisotopic (exact) mass is 382 g/mol. The molecule has 1 aromatic carbocycles. The van der Waals surface area contributed by atoms with Gasteiger partial charge in [-0.05, 0) is 44.4 Å². The summed E-state index contributed by atoms with van der Waals surface area (Å²) < 4.78 is 46.2. The zero-order chi connectivity index (χ0) is 19.6. The lowest BCUT2D eigenvalue weighted by atomic mass is 10.1. The molecule has 1 fully saturated rings. The van der Waals surface area contributed by atoms with Gasteiger partial charge in [-0.1, -0.05) is 6.07 Å². The Balaban J connectivity index is 1.69. The summed E-state index contributed by atoms with van der Waals surface area (Å²) in [6, 6.07) is 3.27. The van der Waals surface area contributed by atoms with E-state index in [9.17, 15) is 18.0 Å². The minimum absolute atomic E-state index is 0.0694. The zero-order valence-corrected chi connectivity index (χ0v) is 15.1. The fourth-order valence-corrected chi connectivity index (χ4v) is 3.13. The highest BCUT2D eigenvalue weighted by Gasteiger charge is 2.32. The summed E-state index contributed by atoms with van der Waals surface area (Å²) in [7, 11) is 0. The molecular formula is C18H21F3N4O2. The number of nitrogens with one attached hydrogen (secondary N) is 2. The van der Waals surface area contributed by atoms with Gasteiger partial charge in [0.05, 0.1) is 29.2 Å². The van der Waals surface area contributed by atoms with Crippen LogP contribution in [0.2, 0.25) is 0 Å². The molecule has 2 aromatic rings. The van der Waals surface area contributed by atoms with Gasteiger partial charge in [-0.15, -0.1) is 0 Å². The van der Waals surface area contributed by atoms with Gasteiger partial charge in [-0.2, -0.15) is 18.3 Å². The molecule has 0 bridgehead atoms. The van der Waals surface area contributed by atoms with Crippen LogP contribution in [-0.2, 0) is 10.9 Å². The first kappa shape index (κ1) is 19.2. The molecule has 0 atom stereocenters. The number of nitrogens with zero attached hydrogens (tertiary/aromatic N) is 2. The van der Waals surface area contributed by atoms with Crippen LogP contribution in [0.1, 0.15) is 35.7 Å². The minimum Gasteiger partial charge on any atom is -0.381 e. The van der Waals surface area contributed by atoms with Gasteiger partial charge in [0.15, 0.2) is 0 Å². The predicted molar refractivity (Wildman–Crippen MR) is 94.9 cm³/mol. The normalized spacial score (nSPS) is 15.6. The van der Waals surface area contributed by atoms with E-state index >= 15 is 0 Å². The Kier molecular flexibility index (Phi) is 5.41. The van der Waals surface area contributed by atoms with Crippen molar-refractivity contribution in [3.8, 4) is 0 Å². The Morgan fingerprint density at radius 2 is 1.93 bits per heavy atom. The number of aryl methyl sites for hydroxylation is 1. The van der Waals surface area contributed by atoms with E-state index in [1.165, 1.54) is 19.1 Å². The molecule has 0 aliphatic carbocycles. The highest BCUT2D eigenvalue weighted by atomic mass is 19.4. The van der Waals surface area contributed by atoms with E-state index in [0.29, 0.717) is 18.9 Å². The number of anilines is 2. The number of aromatic nitrogens is 2. The van der Waals surface area contributed by atoms with Crippen LogP contribution in [0.3, 0.4) is 0 Å². The number of rotatable bonds is 3. The van der Waals surface area contributed by atoms with E-state index in [2.05, 4.69) is 15.7 Å². The third-order valence-corrected chi connectivity index (χ3v) is 4.63. The van der Waals surface area contributed by atoms with Crippen molar-refractivity contribution in [3.05, 3.63) is 41.2 Å². The molecule has 6 nitrogen and oxygen atoms in total. The molecule has 2 amide bonds. The van der Waals surface area contributed by atoms with E-state index in [1.807, 2.05) is 11.6 Å². The first-order chi connectivity index (χ1) is 12.8. The number of urea groups is 1. The minimum atomic E-state index is -4.47. The molecule has 2 N–H and O–H groups in total. The molecule has 0 spiro atoms. The summed E-state index contributed by atoms with van der Waals surface area (Å²) in [5.74, 6) is 0. The van der Waals surface area contributed by atoms with Gasteiger partial charge < -0.3 is 15.4 Å². The van der Waals surface area contributed by atoms with Crippen molar-refractivity contribution in [1.29, 1.82) is 0 Å². The van der Waals surface area contributed by atoms with Gasteiger partial charge in [-0.3, -0.25) is 4.68 Å². The largest absolute Gasteiger partial charge is 0.416 e. The molecule has 1 aromatic heterocycles. The molecule has 27 heavy (non-hydrogen) atoms. The Morgan fingerprint density at radius 3 is 2.59 bits per heavy atom. The van der Waals surface area contributed by atoms with Gasteiger partial charge in [0, 0.05) is 18.9 Å². The molecule has 1 saturated heterocycles. The molecular weight excluding hydrogens is 361 g/mol. The van der Waals surface area contributed by atoms with Crippen LogP contribution in [0.5, 0.6) is 0 Å². The summed E-state index contributed by atoms with van der Waals surface area (Å²) in [5.41, 5.74) is 0.699. The van der Waals surface area contributed by atoms with Crippen molar-refractivity contribution in [2.45, 2.75) is 38.9 Å². The molecule has 0 saturated carbocycles. The molecule has 2 heterocycles. The third kappa shape index (κ3) is 4.41. The van der Waals surface area contributed by atoms with E-state index in [4.69, 9.17) is 4.74 Å². The van der Waals surface area contributed by atoms with Crippen molar-refractivity contribution in [3.63, 3.8) is 0 Å². The van der Waals surface area contributed by atoms with Crippen LogP contribution in [0, 0.1) is 13.8 Å². The fourth-order valence-electron chi connectivity index (χ4n) is 3.13. The van der Waals surface area contributed by atoms with E-state index in [0.717, 1.165) is 24.6 Å². The standard InChI is InChI=1S/C18H21F3N4O2/c1-11-3-4-13(9-15(11)18(19,20)21)23-17(26)24-16-10-22-25(12(16)2)14-5-7-27-8-6-14/h3-4,9-10,14H,5-8H2,1-2H3,(H2,23,24,26). The first-order valence-electron chi connectivity index (χ1n) is 8.63. The van der Waals surface area contributed by atoms with Gasteiger partial charge in [0.25, 0.3) is 0 Å². The molecule has 0 radical (unpaired) electrons. The summed E-state index contributed by atoms with van der Waals surface area (Å²) in [6.45, 7) is 4.55. The zero-order valence-electron chi connectivity index (χ0n) is 15.1. The summed E-state index contributed by atoms with van der Waals surface area (Å²) in [6.07, 6.45) is -1.24. The summed E-state index contributed by atoms with van der Waals surface area (Å²) >= 11 is 0. The molecule has 3 rings (SSSR count). The molecule has 1 aliphatic heterocycles. The smallest absolute Gasteiger partial charge is 0.381 e. The lowest BCUT2D eigenvalue weighted by Gasteiger charge is -2.23. The summed E-state index contributed by atoms with van der Waals surface area (Å²) in [4.78, 5) is 12.2. The Bertz CT molecular complexity index is 826. The van der Waals surface area contributed by atoms with Gasteiger partial charge in [0.1, 0.15) is 0 Å². The first-order valence-corrected chi connectivity index (χ1v) is 8.63. The van der Waals surface area contributed by atoms with Crippen LogP contribution in [0.25, 0.3) is 0 Å². The number of halogens is 3. The number of hydrogen-bond donors (Lipinski definition) is 2. The maximum absolute atomic E-state index is 13.0. The maximum Gasteiger partial charge on any atom is 0.416 e. The number of carbonyl (C=O) groups is 1. The lowest BCUT2D eigenvalue weighted by molar-refractivity contribution is -0.138. The van der Waals surface area contributed by atoms with Crippen molar-refractivity contribution in [1.82, 2.24) is 9.78 Å². The topological polar surface area (TPSA) is 68.2 Å². The quantitative estimate of drug-likeness (QED) is 0.820. The van der Waals surface area contributed by atoms with Crippen LogP contribution >= 0.6 is 0 Å². The van der Waals surface area contributed by atoms with E-state index in [-0.39, 0.29) is 17.3 Å². The number of amides is 2. The highest BCUT2D eigenvalue weighted by molar-refractivity contribution is 6.00. The summed E-state index contributed by atoms with van der Waals surface area (Å²) in [5, 5.41) is 9.41. The second-order valence-electron chi connectivity index (χ2n) is 6.54. The Hall–Kier alpha value is -2.55. The van der Waals surface area contributed by atoms with Crippen molar-refractivity contribution in [2.75, 3.05) is 23.8 Å². The Labute approximate surface area is 154 Å². The molecule has 1 aliphatic rings. The van der Waals surface area contributed by atoms with Crippen LogP contribution in [-0.4, -0.2) is 29.0 Å². The van der Waals surface area contributed by atoms with E-state index in [1.54, 1.807) is 6.20 Å². The van der Waals surface area contributed by atoms with Crippen LogP contribution in [0.4, 0.5) is 29.3 Å². The van der Waals surface area contributed by atoms with Crippen LogP contribution in [0.15, 0.2) is 24.4 Å². The van der Waals surface area contributed by atoms with Crippen molar-refractivity contribution < 1.29 is 22.7 Å². The molecule has 0 unspecified atom stereocenters. The van der Waals surface area contributed by atoms with Gasteiger partial charge in [0.2, 0.25) is 0 Å². The van der Waals surface area contributed by atoms with Crippen molar-refractivity contribution >= 4 is 17.4 Å².